The maximum Gasteiger partial charge on any atom is 0.338 e. The van der Waals surface area contributed by atoms with Gasteiger partial charge in [0.15, 0.2) is 0 Å². The van der Waals surface area contributed by atoms with Crippen LogP contribution in [-0.4, -0.2) is 33.2 Å². The van der Waals surface area contributed by atoms with Gasteiger partial charge in [-0.2, -0.15) is 0 Å². The average Bonchev–Trinajstić information content (AvgIpc) is 3.28. The highest BCUT2D eigenvalue weighted by molar-refractivity contribution is 5.89. The predicted octanol–water partition coefficient (Wildman–Crippen LogP) is 4.86. The number of carboxylic acid groups (broad SMARTS) is 1. The van der Waals surface area contributed by atoms with Crippen molar-refractivity contribution >= 4 is 18.0 Å². The van der Waals surface area contributed by atoms with Crippen LogP contribution in [0.5, 0.6) is 0 Å². The van der Waals surface area contributed by atoms with Crippen molar-refractivity contribution in [3.8, 4) is 0 Å². The zero-order valence-corrected chi connectivity index (χ0v) is 17.5. The third kappa shape index (κ3) is 6.67. The maximum absolute atomic E-state index is 11.8. The summed E-state index contributed by atoms with van der Waals surface area (Å²) in [5.41, 5.74) is 4.22. The Bertz CT molecular complexity index is 1020. The molecule has 0 saturated heterocycles. The minimum absolute atomic E-state index is 0.302. The molecule has 6 heteroatoms. The van der Waals surface area contributed by atoms with E-state index in [2.05, 4.69) is 11.1 Å². The third-order valence-electron chi connectivity index (χ3n) is 4.90. The summed E-state index contributed by atoms with van der Waals surface area (Å²) in [6.45, 7) is 2.88. The summed E-state index contributed by atoms with van der Waals surface area (Å²) in [5, 5.41) is 9.02. The van der Waals surface area contributed by atoms with Crippen molar-refractivity contribution in [3.63, 3.8) is 0 Å². The lowest BCUT2D eigenvalue weighted by atomic mass is 10.0. The quantitative estimate of drug-likeness (QED) is 0.475. The van der Waals surface area contributed by atoms with Gasteiger partial charge in [0.1, 0.15) is 0 Å². The number of aryl methyl sites for hydroxylation is 1. The lowest BCUT2D eigenvalue weighted by molar-refractivity contribution is 0.0526. The molecule has 31 heavy (non-hydrogen) atoms. The summed E-state index contributed by atoms with van der Waals surface area (Å²) >= 11 is 0. The number of imidazole rings is 1. The second-order valence-corrected chi connectivity index (χ2v) is 7.24. The number of allylic oxidation sites excluding steroid dienone is 1. The smallest absolute Gasteiger partial charge is 0.338 e. The number of aromatic nitrogens is 2. The van der Waals surface area contributed by atoms with E-state index in [0.29, 0.717) is 17.7 Å². The number of hydrogen-bond donors (Lipinski definition) is 1. The molecule has 0 aliphatic heterocycles. The number of carboxylic acids is 1. The number of rotatable bonds is 10. The molecule has 2 aromatic carbocycles. The molecule has 0 unspecified atom stereocenters. The number of esters is 1. The molecule has 0 radical (unpaired) electrons. The average molecular weight is 418 g/mol. The predicted molar refractivity (Wildman–Crippen MR) is 119 cm³/mol. The van der Waals surface area contributed by atoms with Crippen molar-refractivity contribution in [2.24, 2.45) is 0 Å². The summed E-state index contributed by atoms with van der Waals surface area (Å²) in [6.07, 6.45) is 10.3. The van der Waals surface area contributed by atoms with Gasteiger partial charge in [-0.3, -0.25) is 0 Å². The van der Waals surface area contributed by atoms with Crippen molar-refractivity contribution in [3.05, 3.63) is 95.1 Å². The Hall–Kier alpha value is -3.67. The SMILES string of the molecule is CCOC(=O)c1ccc(C=C(CCCc2ccc(C(=O)O)cc2)Cn2ccnc2)cc1. The summed E-state index contributed by atoms with van der Waals surface area (Å²) in [7, 11) is 0. The Morgan fingerprint density at radius 3 is 2.39 bits per heavy atom. The Kier molecular flexibility index (Phi) is 7.76. The first-order valence-electron chi connectivity index (χ1n) is 10.3. The van der Waals surface area contributed by atoms with Crippen LogP contribution >= 0.6 is 0 Å². The van der Waals surface area contributed by atoms with E-state index >= 15 is 0 Å². The number of ether oxygens (including phenoxy) is 1. The lowest BCUT2D eigenvalue weighted by Crippen LogP contribution is -2.04. The van der Waals surface area contributed by atoms with Gasteiger partial charge in [-0.15, -0.1) is 0 Å². The van der Waals surface area contributed by atoms with Gasteiger partial charge in [0.2, 0.25) is 0 Å². The van der Waals surface area contributed by atoms with Crippen LogP contribution in [0.15, 0.2) is 72.8 Å². The second kappa shape index (κ2) is 10.9. The van der Waals surface area contributed by atoms with E-state index in [-0.39, 0.29) is 5.97 Å². The fourth-order valence-electron chi connectivity index (χ4n) is 3.31. The molecule has 0 saturated carbocycles. The summed E-state index contributed by atoms with van der Waals surface area (Å²) in [6, 6.07) is 14.4. The molecule has 6 nitrogen and oxygen atoms in total. The van der Waals surface area contributed by atoms with E-state index in [4.69, 9.17) is 9.84 Å². The van der Waals surface area contributed by atoms with Gasteiger partial charge in [0.05, 0.1) is 24.1 Å². The molecule has 0 aliphatic carbocycles. The molecular formula is C25H26N2O4. The first-order chi connectivity index (χ1) is 15.0. The van der Waals surface area contributed by atoms with Crippen molar-refractivity contribution in [2.45, 2.75) is 32.7 Å². The molecular weight excluding hydrogens is 392 g/mol. The molecule has 0 bridgehead atoms. The Labute approximate surface area is 181 Å². The zero-order chi connectivity index (χ0) is 22.1. The molecule has 3 aromatic rings. The minimum atomic E-state index is -0.911. The van der Waals surface area contributed by atoms with E-state index in [9.17, 15) is 9.59 Å². The van der Waals surface area contributed by atoms with Crippen LogP contribution in [0.4, 0.5) is 0 Å². The van der Waals surface area contributed by atoms with Gasteiger partial charge in [-0.25, -0.2) is 14.6 Å². The largest absolute Gasteiger partial charge is 0.478 e. The van der Waals surface area contributed by atoms with Crippen molar-refractivity contribution < 1.29 is 19.4 Å². The Balaban J connectivity index is 1.67. The number of benzene rings is 2. The van der Waals surface area contributed by atoms with E-state index in [0.717, 1.165) is 36.9 Å². The fourth-order valence-corrected chi connectivity index (χ4v) is 3.31. The van der Waals surface area contributed by atoms with E-state index < -0.39 is 5.97 Å². The first-order valence-corrected chi connectivity index (χ1v) is 10.3. The van der Waals surface area contributed by atoms with E-state index in [1.807, 2.05) is 35.0 Å². The zero-order valence-electron chi connectivity index (χ0n) is 17.5. The van der Waals surface area contributed by atoms with Crippen LogP contribution in [0.3, 0.4) is 0 Å². The monoisotopic (exact) mass is 418 g/mol. The van der Waals surface area contributed by atoms with Crippen LogP contribution in [0.2, 0.25) is 0 Å². The second-order valence-electron chi connectivity index (χ2n) is 7.24. The summed E-state index contributed by atoms with van der Waals surface area (Å²) < 4.78 is 7.07. The Morgan fingerprint density at radius 2 is 1.77 bits per heavy atom. The van der Waals surface area contributed by atoms with Gasteiger partial charge in [-0.05, 0) is 67.2 Å². The number of hydrogen-bond acceptors (Lipinski definition) is 4. The highest BCUT2D eigenvalue weighted by Gasteiger charge is 2.07. The molecule has 0 aliphatic rings. The van der Waals surface area contributed by atoms with Crippen LogP contribution in [0, 0.1) is 0 Å². The van der Waals surface area contributed by atoms with Crippen LogP contribution in [-0.2, 0) is 17.7 Å². The number of carbonyl (C=O) groups is 2. The van der Waals surface area contributed by atoms with Gasteiger partial charge >= 0.3 is 11.9 Å². The molecule has 1 N–H and O–H groups in total. The van der Waals surface area contributed by atoms with Crippen LogP contribution in [0.25, 0.3) is 6.08 Å². The van der Waals surface area contributed by atoms with Gasteiger partial charge in [0, 0.05) is 18.9 Å². The molecule has 1 heterocycles. The highest BCUT2D eigenvalue weighted by Crippen LogP contribution is 2.18. The standard InChI is InChI=1S/C25H26N2O4/c1-2-31-25(30)23-12-8-20(9-13-23)16-21(17-27-15-14-26-18-27)5-3-4-19-6-10-22(11-7-19)24(28)29/h6-16,18H,2-5,17H2,1H3,(H,28,29). The Morgan fingerprint density at radius 1 is 1.06 bits per heavy atom. The number of carbonyl (C=O) groups excluding carboxylic acids is 1. The van der Waals surface area contributed by atoms with Crippen LogP contribution < -0.4 is 0 Å². The van der Waals surface area contributed by atoms with Crippen molar-refractivity contribution in [1.29, 1.82) is 0 Å². The normalized spacial score (nSPS) is 11.3. The molecule has 0 fully saturated rings. The number of nitrogens with zero attached hydrogens (tertiary/aromatic N) is 2. The van der Waals surface area contributed by atoms with Gasteiger partial charge < -0.3 is 14.4 Å². The molecule has 160 valence electrons. The highest BCUT2D eigenvalue weighted by atomic mass is 16.5. The van der Waals surface area contributed by atoms with Gasteiger partial charge in [0.25, 0.3) is 0 Å². The van der Waals surface area contributed by atoms with Crippen molar-refractivity contribution in [1.82, 2.24) is 9.55 Å². The third-order valence-corrected chi connectivity index (χ3v) is 4.90. The molecule has 3 rings (SSSR count). The summed E-state index contributed by atoms with van der Waals surface area (Å²) in [4.78, 5) is 27.0. The summed E-state index contributed by atoms with van der Waals surface area (Å²) in [5.74, 6) is -1.23. The number of aromatic carboxylic acids is 1. The van der Waals surface area contributed by atoms with Gasteiger partial charge in [-0.1, -0.05) is 30.3 Å². The first kappa shape index (κ1) is 22.0. The molecule has 0 atom stereocenters. The minimum Gasteiger partial charge on any atom is -0.478 e. The maximum atomic E-state index is 11.8. The molecule has 0 amide bonds. The van der Waals surface area contributed by atoms with Crippen LogP contribution in [0.1, 0.15) is 51.6 Å². The lowest BCUT2D eigenvalue weighted by Gasteiger charge is -2.10. The van der Waals surface area contributed by atoms with E-state index in [1.54, 1.807) is 43.7 Å². The molecule has 1 aromatic heterocycles. The fraction of sp³-hybridized carbons (Fsp3) is 0.240. The molecule has 0 spiro atoms. The topological polar surface area (TPSA) is 81.4 Å². The van der Waals surface area contributed by atoms with E-state index in [1.165, 1.54) is 5.57 Å². The van der Waals surface area contributed by atoms with Crippen molar-refractivity contribution in [2.75, 3.05) is 6.61 Å².